The Bertz CT molecular complexity index is 180. The maximum absolute atomic E-state index is 11.0. The normalized spacial score (nSPS) is 52.4. The monoisotopic (exact) mass is 178 g/mol. The fraction of sp³-hybridized carbons (Fsp3) is 0.857. The second kappa shape index (κ2) is 2.12. The highest BCUT2D eigenvalue weighted by Gasteiger charge is 2.55. The van der Waals surface area contributed by atoms with Gasteiger partial charge < -0.3 is 0 Å². The zero-order chi connectivity index (χ0) is 7.30. The maximum Gasteiger partial charge on any atom is 0.137 e. The van der Waals surface area contributed by atoms with Crippen molar-refractivity contribution in [3.63, 3.8) is 0 Å². The second-order valence-electron chi connectivity index (χ2n) is 3.08. The van der Waals surface area contributed by atoms with Crippen LogP contribution in [0.3, 0.4) is 0 Å². The molecule has 0 bridgehead atoms. The number of alkyl halides is 2. The molecule has 2 rings (SSSR count). The first kappa shape index (κ1) is 6.93. The molecule has 2 aliphatic rings. The maximum atomic E-state index is 11.0. The molecule has 56 valence electrons. The number of rotatable bonds is 0. The number of ketones is 1. The van der Waals surface area contributed by atoms with Crippen LogP contribution in [-0.4, -0.2) is 16.5 Å². The van der Waals surface area contributed by atoms with Gasteiger partial charge in [-0.25, -0.2) is 0 Å². The minimum absolute atomic E-state index is 0.0538. The van der Waals surface area contributed by atoms with Crippen LogP contribution in [0.2, 0.25) is 0 Å². The van der Waals surface area contributed by atoms with Gasteiger partial charge in [0.25, 0.3) is 0 Å². The fourth-order valence-corrected chi connectivity index (χ4v) is 2.91. The van der Waals surface area contributed by atoms with Crippen LogP contribution in [0.5, 0.6) is 0 Å². The molecule has 0 saturated heterocycles. The van der Waals surface area contributed by atoms with Gasteiger partial charge in [0.15, 0.2) is 0 Å². The van der Waals surface area contributed by atoms with Crippen molar-refractivity contribution in [2.24, 2.45) is 11.8 Å². The topological polar surface area (TPSA) is 17.1 Å². The third kappa shape index (κ3) is 0.680. The number of hydrogen-bond donors (Lipinski definition) is 0. The predicted octanol–water partition coefficient (Wildman–Crippen LogP) is 1.81. The van der Waals surface area contributed by atoms with E-state index in [1.165, 1.54) is 0 Å². The summed E-state index contributed by atoms with van der Waals surface area (Å²) in [7, 11) is 0. The highest BCUT2D eigenvalue weighted by Crippen LogP contribution is 2.50. The minimum atomic E-state index is -0.0818. The zero-order valence-corrected chi connectivity index (χ0v) is 6.90. The molecule has 2 aliphatic carbocycles. The quantitative estimate of drug-likeness (QED) is 0.518. The van der Waals surface area contributed by atoms with E-state index in [0.29, 0.717) is 18.1 Å². The van der Waals surface area contributed by atoms with Crippen LogP contribution >= 0.6 is 23.2 Å². The molecule has 0 aromatic carbocycles. The summed E-state index contributed by atoms with van der Waals surface area (Å²) in [5.74, 6) is 0.822. The molecule has 0 aromatic rings. The van der Waals surface area contributed by atoms with Gasteiger partial charge in [0, 0.05) is 12.3 Å². The number of carbonyl (C=O) groups is 1. The van der Waals surface area contributed by atoms with E-state index < -0.39 is 0 Å². The summed E-state index contributed by atoms with van der Waals surface area (Å²) in [6.45, 7) is 0. The summed E-state index contributed by atoms with van der Waals surface area (Å²) >= 11 is 11.7. The standard InChI is InChI=1S/C7H8Cl2O/c8-6-3-1-2-4(10)5(3)7(6)9/h3,5-7H,1-2H2/t3-,5-,6-,7+/m1/s1. The first-order chi connectivity index (χ1) is 4.72. The van der Waals surface area contributed by atoms with E-state index in [9.17, 15) is 4.79 Å². The van der Waals surface area contributed by atoms with Crippen molar-refractivity contribution in [2.75, 3.05) is 0 Å². The van der Waals surface area contributed by atoms with E-state index in [-0.39, 0.29) is 16.7 Å². The molecule has 4 atom stereocenters. The van der Waals surface area contributed by atoms with Crippen molar-refractivity contribution < 1.29 is 4.79 Å². The van der Waals surface area contributed by atoms with Gasteiger partial charge in [-0.2, -0.15) is 0 Å². The average Bonchev–Trinajstić information content (AvgIpc) is 2.27. The smallest absolute Gasteiger partial charge is 0.137 e. The molecule has 2 fully saturated rings. The van der Waals surface area contributed by atoms with Crippen LogP contribution in [0, 0.1) is 11.8 Å². The molecule has 3 heteroatoms. The molecule has 0 aliphatic heterocycles. The lowest BCUT2D eigenvalue weighted by molar-refractivity contribution is -0.122. The largest absolute Gasteiger partial charge is 0.299 e. The molecule has 0 radical (unpaired) electrons. The van der Waals surface area contributed by atoms with Crippen LogP contribution in [0.25, 0.3) is 0 Å². The van der Waals surface area contributed by atoms with Crippen molar-refractivity contribution in [2.45, 2.75) is 23.6 Å². The van der Waals surface area contributed by atoms with E-state index in [1.807, 2.05) is 0 Å². The van der Waals surface area contributed by atoms with E-state index in [4.69, 9.17) is 23.2 Å². The Hall–Kier alpha value is 0.250. The number of carbonyl (C=O) groups excluding carboxylic acids is 1. The highest BCUT2D eigenvalue weighted by atomic mass is 35.5. The number of fused-ring (bicyclic) bond motifs is 1. The van der Waals surface area contributed by atoms with Gasteiger partial charge in [-0.3, -0.25) is 4.79 Å². The van der Waals surface area contributed by atoms with Gasteiger partial charge in [-0.05, 0) is 12.3 Å². The Kier molecular flexibility index (Phi) is 1.47. The van der Waals surface area contributed by atoms with E-state index in [0.717, 1.165) is 6.42 Å². The molecule has 10 heavy (non-hydrogen) atoms. The lowest BCUT2D eigenvalue weighted by Crippen LogP contribution is -2.48. The first-order valence-electron chi connectivity index (χ1n) is 3.52. The summed E-state index contributed by atoms with van der Waals surface area (Å²) in [6.07, 6.45) is 1.66. The van der Waals surface area contributed by atoms with Crippen LogP contribution in [0.15, 0.2) is 0 Å². The fourth-order valence-electron chi connectivity index (χ4n) is 1.95. The summed E-state index contributed by atoms with van der Waals surface area (Å²) < 4.78 is 0. The van der Waals surface area contributed by atoms with Crippen molar-refractivity contribution in [3.05, 3.63) is 0 Å². The Morgan fingerprint density at radius 1 is 1.30 bits per heavy atom. The highest BCUT2D eigenvalue weighted by molar-refractivity contribution is 6.33. The molecule has 0 unspecified atom stereocenters. The zero-order valence-electron chi connectivity index (χ0n) is 5.39. The number of hydrogen-bond acceptors (Lipinski definition) is 1. The number of Topliss-reactive ketones (excluding diaryl/α,β-unsaturated/α-hetero) is 1. The summed E-state index contributed by atoms with van der Waals surface area (Å²) in [6, 6.07) is 0. The molecule has 0 heterocycles. The molecular weight excluding hydrogens is 171 g/mol. The Morgan fingerprint density at radius 3 is 2.60 bits per heavy atom. The lowest BCUT2D eigenvalue weighted by Gasteiger charge is -2.40. The Balaban J connectivity index is 2.16. The molecule has 0 spiro atoms. The van der Waals surface area contributed by atoms with Crippen molar-refractivity contribution in [1.29, 1.82) is 0 Å². The van der Waals surface area contributed by atoms with E-state index in [2.05, 4.69) is 0 Å². The summed E-state index contributed by atoms with van der Waals surface area (Å²) in [5.41, 5.74) is 0. The molecule has 0 aromatic heterocycles. The number of halogens is 2. The van der Waals surface area contributed by atoms with E-state index in [1.54, 1.807) is 0 Å². The summed E-state index contributed by atoms with van der Waals surface area (Å²) in [5, 5.41) is -0.0280. The SMILES string of the molecule is O=C1CC[C@H]2[C@@H](Cl)[C@@H](Cl)[C@@H]12. The van der Waals surface area contributed by atoms with Crippen LogP contribution in [0.1, 0.15) is 12.8 Å². The third-order valence-electron chi connectivity index (χ3n) is 2.61. The van der Waals surface area contributed by atoms with Gasteiger partial charge >= 0.3 is 0 Å². The van der Waals surface area contributed by atoms with Gasteiger partial charge in [-0.1, -0.05) is 0 Å². The van der Waals surface area contributed by atoms with Crippen LogP contribution in [0.4, 0.5) is 0 Å². The first-order valence-corrected chi connectivity index (χ1v) is 4.40. The lowest BCUT2D eigenvalue weighted by atomic mass is 9.75. The molecule has 0 amide bonds. The second-order valence-corrected chi connectivity index (χ2v) is 4.09. The van der Waals surface area contributed by atoms with E-state index >= 15 is 0 Å². The van der Waals surface area contributed by atoms with Crippen molar-refractivity contribution >= 4 is 29.0 Å². The van der Waals surface area contributed by atoms with Crippen LogP contribution < -0.4 is 0 Å². The Morgan fingerprint density at radius 2 is 2.00 bits per heavy atom. The third-order valence-corrected chi connectivity index (χ3v) is 3.88. The minimum Gasteiger partial charge on any atom is -0.299 e. The summed E-state index contributed by atoms with van der Waals surface area (Å²) in [4.78, 5) is 11.0. The average molecular weight is 179 g/mol. The van der Waals surface area contributed by atoms with Gasteiger partial charge in [0.2, 0.25) is 0 Å². The van der Waals surface area contributed by atoms with Gasteiger partial charge in [-0.15, -0.1) is 23.2 Å². The molecular formula is C7H8Cl2O. The van der Waals surface area contributed by atoms with Crippen LogP contribution in [-0.2, 0) is 4.79 Å². The molecule has 1 nitrogen and oxygen atoms in total. The molecule has 2 saturated carbocycles. The molecule has 0 N–H and O–H groups in total. The predicted molar refractivity (Wildman–Crippen MR) is 40.5 cm³/mol. The van der Waals surface area contributed by atoms with Gasteiger partial charge in [0.05, 0.1) is 10.8 Å². The van der Waals surface area contributed by atoms with Gasteiger partial charge in [0.1, 0.15) is 5.78 Å². The Labute approximate surface area is 69.7 Å². The van der Waals surface area contributed by atoms with Crippen molar-refractivity contribution in [1.82, 2.24) is 0 Å². The van der Waals surface area contributed by atoms with Crippen molar-refractivity contribution in [3.8, 4) is 0 Å².